The molecule has 0 fully saturated rings. The predicted octanol–water partition coefficient (Wildman–Crippen LogP) is 6.84. The zero-order chi connectivity index (χ0) is 21.4. The lowest BCUT2D eigenvalue weighted by molar-refractivity contribution is -0.333. The zero-order valence-electron chi connectivity index (χ0n) is 18.9. The molecule has 0 bridgehead atoms. The van der Waals surface area contributed by atoms with E-state index < -0.39 is 5.60 Å². The maximum atomic E-state index is 6.10. The highest BCUT2D eigenvalue weighted by atomic mass is 17.2. The molecular weight excluding hydrogens is 358 g/mol. The molecule has 2 rings (SSSR count). The highest BCUT2D eigenvalue weighted by Gasteiger charge is 2.33. The molecule has 158 valence electrons. The van der Waals surface area contributed by atoms with Crippen LogP contribution in [0.4, 0.5) is 0 Å². The average molecular weight is 396 g/mol. The maximum absolute atomic E-state index is 6.10. The minimum Gasteiger partial charge on any atom is -0.402 e. The Kier molecular flexibility index (Phi) is 8.48. The van der Waals surface area contributed by atoms with Gasteiger partial charge in [-0.2, -0.15) is 0 Å². The number of rotatable bonds is 10. The molecule has 0 aliphatic rings. The molecule has 0 heterocycles. The highest BCUT2D eigenvalue weighted by Crippen LogP contribution is 2.38. The molecule has 1 atom stereocenters. The third-order valence-corrected chi connectivity index (χ3v) is 5.57. The predicted molar refractivity (Wildman–Crippen MR) is 123 cm³/mol. The summed E-state index contributed by atoms with van der Waals surface area (Å²) in [5.41, 5.74) is 11.9. The first-order chi connectivity index (χ1) is 13.8. The molecule has 1 unspecified atom stereocenters. The Morgan fingerprint density at radius 2 is 1.69 bits per heavy atom. The van der Waals surface area contributed by atoms with Gasteiger partial charge in [-0.3, -0.25) is 0 Å². The van der Waals surface area contributed by atoms with Crippen molar-refractivity contribution < 1.29 is 9.78 Å². The van der Waals surface area contributed by atoms with E-state index in [1.165, 1.54) is 36.8 Å². The van der Waals surface area contributed by atoms with Gasteiger partial charge in [0.2, 0.25) is 0 Å². The van der Waals surface area contributed by atoms with Gasteiger partial charge >= 0.3 is 0 Å². The van der Waals surface area contributed by atoms with E-state index in [4.69, 9.17) is 15.5 Å². The van der Waals surface area contributed by atoms with Crippen LogP contribution in [0, 0.1) is 6.92 Å². The summed E-state index contributed by atoms with van der Waals surface area (Å²) < 4.78 is 0. The first-order valence-electron chi connectivity index (χ1n) is 10.7. The molecule has 0 aliphatic heterocycles. The summed E-state index contributed by atoms with van der Waals surface area (Å²) in [5, 5.41) is 0. The van der Waals surface area contributed by atoms with Crippen molar-refractivity contribution in [1.29, 1.82) is 0 Å². The topological polar surface area (TPSA) is 44.5 Å². The van der Waals surface area contributed by atoms with E-state index in [1.807, 2.05) is 13.0 Å². The lowest BCUT2D eigenvalue weighted by Gasteiger charge is -2.31. The van der Waals surface area contributed by atoms with Crippen LogP contribution < -0.4 is 5.73 Å². The maximum Gasteiger partial charge on any atom is 0.151 e. The van der Waals surface area contributed by atoms with Crippen molar-refractivity contribution >= 4 is 6.08 Å². The van der Waals surface area contributed by atoms with Gasteiger partial charge in [0, 0.05) is 5.70 Å². The molecule has 0 amide bonds. The smallest absolute Gasteiger partial charge is 0.151 e. The Morgan fingerprint density at radius 1 is 1.07 bits per heavy atom. The Labute approximate surface area is 176 Å². The largest absolute Gasteiger partial charge is 0.402 e. The lowest BCUT2D eigenvalue weighted by atomic mass is 9.81. The van der Waals surface area contributed by atoms with Crippen molar-refractivity contribution in [2.75, 3.05) is 7.11 Å². The number of benzene rings is 2. The van der Waals surface area contributed by atoms with Gasteiger partial charge in [0.15, 0.2) is 5.60 Å². The van der Waals surface area contributed by atoms with Crippen molar-refractivity contribution in [3.8, 4) is 0 Å². The summed E-state index contributed by atoms with van der Waals surface area (Å²) in [6.45, 7) is 10.6. The molecule has 0 spiro atoms. The van der Waals surface area contributed by atoms with Crippen LogP contribution in [-0.4, -0.2) is 7.11 Å². The third kappa shape index (κ3) is 5.71. The van der Waals surface area contributed by atoms with Crippen LogP contribution in [0.15, 0.2) is 48.2 Å². The first kappa shape index (κ1) is 23.2. The standard InChI is InChI=1S/C26H37NO2/c1-7-9-21(10-8-2)22-13-16-25(23(18-22)17-20(4)27)26(5,29-28-6)24-14-11-19(3)12-15-24/h11-18,21H,7-10,27H2,1-6H3/b20-17+. The van der Waals surface area contributed by atoms with E-state index in [-0.39, 0.29) is 0 Å². The van der Waals surface area contributed by atoms with Gasteiger partial charge < -0.3 is 5.73 Å². The van der Waals surface area contributed by atoms with Crippen LogP contribution in [0.3, 0.4) is 0 Å². The van der Waals surface area contributed by atoms with Gasteiger partial charge in [0.05, 0.1) is 7.11 Å². The molecule has 2 aromatic rings. The summed E-state index contributed by atoms with van der Waals surface area (Å²) in [7, 11) is 1.56. The minimum absolute atomic E-state index is 0.568. The van der Waals surface area contributed by atoms with E-state index in [2.05, 4.69) is 70.2 Å². The number of nitrogens with two attached hydrogens (primary N) is 1. The van der Waals surface area contributed by atoms with Crippen molar-refractivity contribution in [2.45, 2.75) is 71.8 Å². The second kappa shape index (κ2) is 10.6. The fraction of sp³-hybridized carbons (Fsp3) is 0.462. The van der Waals surface area contributed by atoms with E-state index in [0.29, 0.717) is 5.92 Å². The van der Waals surface area contributed by atoms with Crippen molar-refractivity contribution in [1.82, 2.24) is 0 Å². The molecule has 29 heavy (non-hydrogen) atoms. The third-order valence-electron chi connectivity index (χ3n) is 5.57. The van der Waals surface area contributed by atoms with Crippen LogP contribution in [0.2, 0.25) is 0 Å². The number of hydrogen-bond acceptors (Lipinski definition) is 3. The molecule has 0 aliphatic carbocycles. The Bertz CT molecular complexity index is 800. The molecule has 3 nitrogen and oxygen atoms in total. The van der Waals surface area contributed by atoms with Gasteiger partial charge in [-0.05, 0) is 67.9 Å². The number of allylic oxidation sites excluding steroid dienone is 1. The van der Waals surface area contributed by atoms with Gasteiger partial charge in [-0.1, -0.05) is 74.7 Å². The average Bonchev–Trinajstić information content (AvgIpc) is 2.68. The second-order valence-corrected chi connectivity index (χ2v) is 8.16. The number of aryl methyl sites for hydroxylation is 1. The van der Waals surface area contributed by atoms with Crippen LogP contribution in [0.5, 0.6) is 0 Å². The fourth-order valence-electron chi connectivity index (χ4n) is 4.10. The number of hydrogen-bond donors (Lipinski definition) is 1. The summed E-state index contributed by atoms with van der Waals surface area (Å²) in [5.74, 6) is 0.568. The van der Waals surface area contributed by atoms with Crippen LogP contribution in [-0.2, 0) is 15.4 Å². The summed E-state index contributed by atoms with van der Waals surface area (Å²) in [6, 6.07) is 15.1. The summed E-state index contributed by atoms with van der Waals surface area (Å²) in [6.07, 6.45) is 6.80. The molecule has 0 aromatic heterocycles. The van der Waals surface area contributed by atoms with Gasteiger partial charge in [-0.15, -0.1) is 0 Å². The highest BCUT2D eigenvalue weighted by molar-refractivity contribution is 5.60. The normalized spacial score (nSPS) is 14.2. The van der Waals surface area contributed by atoms with Crippen LogP contribution in [0.25, 0.3) is 6.08 Å². The summed E-state index contributed by atoms with van der Waals surface area (Å²) in [4.78, 5) is 11.1. The van der Waals surface area contributed by atoms with Crippen LogP contribution in [0.1, 0.15) is 87.1 Å². The van der Waals surface area contributed by atoms with Crippen molar-refractivity contribution in [3.63, 3.8) is 0 Å². The molecule has 0 saturated carbocycles. The molecule has 0 radical (unpaired) electrons. The molecular formula is C26H37NO2. The molecule has 2 aromatic carbocycles. The van der Waals surface area contributed by atoms with E-state index in [9.17, 15) is 0 Å². The Balaban J connectivity index is 2.64. The van der Waals surface area contributed by atoms with E-state index in [1.54, 1.807) is 7.11 Å². The lowest BCUT2D eigenvalue weighted by Crippen LogP contribution is -2.28. The molecule has 0 saturated heterocycles. The second-order valence-electron chi connectivity index (χ2n) is 8.16. The molecule has 3 heteroatoms. The Hall–Kier alpha value is -2.10. The monoisotopic (exact) mass is 395 g/mol. The van der Waals surface area contributed by atoms with E-state index in [0.717, 1.165) is 22.4 Å². The Morgan fingerprint density at radius 3 is 2.21 bits per heavy atom. The van der Waals surface area contributed by atoms with Gasteiger partial charge in [-0.25, -0.2) is 9.78 Å². The fourth-order valence-corrected chi connectivity index (χ4v) is 4.10. The van der Waals surface area contributed by atoms with E-state index >= 15 is 0 Å². The summed E-state index contributed by atoms with van der Waals surface area (Å²) >= 11 is 0. The van der Waals surface area contributed by atoms with Crippen molar-refractivity contribution in [3.05, 3.63) is 76.0 Å². The SMILES string of the molecule is CCCC(CCC)c1ccc(C(C)(OOC)c2ccc(C)cc2)c(/C=C(\C)N)c1. The van der Waals surface area contributed by atoms with Gasteiger partial charge in [0.1, 0.15) is 0 Å². The molecule has 2 N–H and O–H groups in total. The first-order valence-corrected chi connectivity index (χ1v) is 10.7. The quantitative estimate of drug-likeness (QED) is 0.354. The minimum atomic E-state index is -0.743. The zero-order valence-corrected chi connectivity index (χ0v) is 18.9. The van der Waals surface area contributed by atoms with Gasteiger partial charge in [0.25, 0.3) is 0 Å². The van der Waals surface area contributed by atoms with Crippen LogP contribution >= 0.6 is 0 Å². The van der Waals surface area contributed by atoms with Crippen molar-refractivity contribution in [2.24, 2.45) is 5.73 Å².